The van der Waals surface area contributed by atoms with E-state index in [4.69, 9.17) is 5.11 Å². The molecule has 1 aliphatic rings. The van der Waals surface area contributed by atoms with Crippen LogP contribution in [0.25, 0.3) is 0 Å². The Hall–Kier alpha value is -0.140. The van der Waals surface area contributed by atoms with Gasteiger partial charge in [-0.2, -0.15) is 0 Å². The maximum atomic E-state index is 10.3. The number of aliphatic carboxylic acids is 1. The van der Waals surface area contributed by atoms with Crippen LogP contribution < -0.4 is 5.32 Å². The van der Waals surface area contributed by atoms with Gasteiger partial charge in [-0.25, -0.2) is 0 Å². The van der Waals surface area contributed by atoms with Gasteiger partial charge in [0.2, 0.25) is 0 Å². The summed E-state index contributed by atoms with van der Waals surface area (Å²) in [4.78, 5) is 10.3. The van der Waals surface area contributed by atoms with Crippen LogP contribution in [0, 0.1) is 0 Å². The highest BCUT2D eigenvalue weighted by Crippen LogP contribution is 2.38. The molecule has 0 atom stereocenters. The highest BCUT2D eigenvalue weighted by molar-refractivity contribution is 7.57. The van der Waals surface area contributed by atoms with Crippen LogP contribution in [0.1, 0.15) is 38.5 Å². The summed E-state index contributed by atoms with van der Waals surface area (Å²) in [6, 6.07) is 0. The first-order chi connectivity index (χ1) is 7.79. The van der Waals surface area contributed by atoms with E-state index in [0.29, 0.717) is 0 Å². The zero-order valence-electron chi connectivity index (χ0n) is 10.1. The molecule has 1 rings (SSSR count). The van der Waals surface area contributed by atoms with Crippen molar-refractivity contribution in [3.8, 4) is 0 Å². The van der Waals surface area contributed by atoms with Crippen LogP contribution >= 0.6 is 7.92 Å². The molecule has 1 saturated heterocycles. The zero-order chi connectivity index (χ0) is 11.6. The number of carboxylic acid groups (broad SMARTS) is 1. The Morgan fingerprint density at radius 3 is 2.19 bits per heavy atom. The van der Waals surface area contributed by atoms with Crippen LogP contribution in [0.4, 0.5) is 0 Å². The molecule has 2 N–H and O–H groups in total. The van der Waals surface area contributed by atoms with Gasteiger partial charge in [0.1, 0.15) is 0 Å². The van der Waals surface area contributed by atoms with Crippen molar-refractivity contribution in [1.82, 2.24) is 5.32 Å². The van der Waals surface area contributed by atoms with E-state index in [9.17, 15) is 4.79 Å². The van der Waals surface area contributed by atoms with Crippen molar-refractivity contribution in [2.75, 3.05) is 31.6 Å². The summed E-state index contributed by atoms with van der Waals surface area (Å²) in [5, 5.41) is 11.5. The van der Waals surface area contributed by atoms with Gasteiger partial charge in [-0.1, -0.05) is 25.7 Å². The SMILES string of the molecule is O=C(O)CNCCP1CCCCCCCC1. The van der Waals surface area contributed by atoms with E-state index in [2.05, 4.69) is 5.32 Å². The van der Waals surface area contributed by atoms with E-state index in [-0.39, 0.29) is 14.5 Å². The minimum atomic E-state index is -0.748. The third kappa shape index (κ3) is 7.19. The summed E-state index contributed by atoms with van der Waals surface area (Å²) in [5.41, 5.74) is 0. The Morgan fingerprint density at radius 1 is 1.06 bits per heavy atom. The number of carboxylic acids is 1. The van der Waals surface area contributed by atoms with E-state index in [0.717, 1.165) is 6.54 Å². The molecule has 0 amide bonds. The summed E-state index contributed by atoms with van der Waals surface area (Å²) in [7, 11) is 0.181. The quantitative estimate of drug-likeness (QED) is 0.578. The first-order valence-electron chi connectivity index (χ1n) is 6.44. The first-order valence-corrected chi connectivity index (χ1v) is 8.33. The Kier molecular flexibility index (Phi) is 7.79. The standard InChI is InChI=1S/C12H24NO2P/c14-12(15)11-13-7-10-16-8-5-3-1-2-4-6-9-16/h13H,1-11H2,(H,14,15). The lowest BCUT2D eigenvalue weighted by atomic mass is 10.1. The van der Waals surface area contributed by atoms with Crippen LogP contribution in [0.5, 0.6) is 0 Å². The lowest BCUT2D eigenvalue weighted by molar-refractivity contribution is -0.135. The molecule has 0 radical (unpaired) electrons. The molecule has 0 unspecified atom stereocenters. The highest BCUT2D eigenvalue weighted by atomic mass is 31.1. The smallest absolute Gasteiger partial charge is 0.317 e. The van der Waals surface area contributed by atoms with Gasteiger partial charge in [0.25, 0.3) is 0 Å². The van der Waals surface area contributed by atoms with Gasteiger partial charge >= 0.3 is 5.97 Å². The van der Waals surface area contributed by atoms with Crippen molar-refractivity contribution in [1.29, 1.82) is 0 Å². The fourth-order valence-corrected chi connectivity index (χ4v) is 4.63. The second-order valence-corrected chi connectivity index (χ2v) is 7.22. The van der Waals surface area contributed by atoms with Crippen molar-refractivity contribution in [2.45, 2.75) is 38.5 Å². The lowest BCUT2D eigenvalue weighted by Crippen LogP contribution is -2.25. The van der Waals surface area contributed by atoms with E-state index >= 15 is 0 Å². The van der Waals surface area contributed by atoms with Gasteiger partial charge < -0.3 is 10.4 Å². The van der Waals surface area contributed by atoms with Gasteiger partial charge in [-0.05, 0) is 37.9 Å². The van der Waals surface area contributed by atoms with E-state index in [1.807, 2.05) is 0 Å². The molecular weight excluding hydrogens is 221 g/mol. The monoisotopic (exact) mass is 245 g/mol. The number of hydrogen-bond acceptors (Lipinski definition) is 2. The molecule has 0 aromatic rings. The topological polar surface area (TPSA) is 49.3 Å². The van der Waals surface area contributed by atoms with Gasteiger partial charge in [0, 0.05) is 0 Å². The third-order valence-electron chi connectivity index (χ3n) is 3.08. The summed E-state index contributed by atoms with van der Waals surface area (Å²) >= 11 is 0. The average molecular weight is 245 g/mol. The van der Waals surface area contributed by atoms with Crippen molar-refractivity contribution in [3.63, 3.8) is 0 Å². The van der Waals surface area contributed by atoms with Gasteiger partial charge in [-0.3, -0.25) is 4.79 Å². The summed E-state index contributed by atoms with van der Waals surface area (Å²) < 4.78 is 0. The van der Waals surface area contributed by atoms with Crippen LogP contribution in [-0.4, -0.2) is 42.7 Å². The summed E-state index contributed by atoms with van der Waals surface area (Å²) in [5.74, 6) is -0.748. The fourth-order valence-electron chi connectivity index (χ4n) is 2.15. The number of hydrogen-bond donors (Lipinski definition) is 2. The normalized spacial score (nSPS) is 19.8. The molecule has 0 saturated carbocycles. The molecule has 94 valence electrons. The number of carbonyl (C=O) groups is 1. The molecule has 0 bridgehead atoms. The minimum absolute atomic E-state index is 0.114. The predicted octanol–water partition coefficient (Wildman–Crippen LogP) is 2.50. The Labute approximate surface area is 99.8 Å². The van der Waals surface area contributed by atoms with Crippen molar-refractivity contribution < 1.29 is 9.90 Å². The molecule has 3 nitrogen and oxygen atoms in total. The van der Waals surface area contributed by atoms with Crippen LogP contribution in [-0.2, 0) is 4.79 Å². The average Bonchev–Trinajstić information content (AvgIpc) is 2.37. The molecule has 1 aliphatic heterocycles. The van der Waals surface area contributed by atoms with Crippen LogP contribution in [0.15, 0.2) is 0 Å². The Morgan fingerprint density at radius 2 is 1.62 bits per heavy atom. The molecule has 1 heterocycles. The second kappa shape index (κ2) is 8.95. The maximum Gasteiger partial charge on any atom is 0.317 e. The molecule has 0 aromatic heterocycles. The van der Waals surface area contributed by atoms with Crippen molar-refractivity contribution >= 4 is 13.9 Å². The summed E-state index contributed by atoms with van der Waals surface area (Å²) in [6.07, 6.45) is 12.5. The molecule has 4 heteroatoms. The zero-order valence-corrected chi connectivity index (χ0v) is 11.0. The third-order valence-corrected chi connectivity index (χ3v) is 5.83. The Balaban J connectivity index is 2.09. The minimum Gasteiger partial charge on any atom is -0.480 e. The van der Waals surface area contributed by atoms with Crippen molar-refractivity contribution in [3.05, 3.63) is 0 Å². The van der Waals surface area contributed by atoms with Gasteiger partial charge in [-0.15, -0.1) is 7.92 Å². The van der Waals surface area contributed by atoms with Crippen LogP contribution in [0.3, 0.4) is 0 Å². The highest BCUT2D eigenvalue weighted by Gasteiger charge is 2.09. The molecule has 1 fully saturated rings. The largest absolute Gasteiger partial charge is 0.480 e. The number of rotatable bonds is 5. The number of nitrogens with one attached hydrogen (secondary N) is 1. The molecule has 0 spiro atoms. The Bertz CT molecular complexity index is 189. The van der Waals surface area contributed by atoms with Crippen LogP contribution in [0.2, 0.25) is 0 Å². The first kappa shape index (κ1) is 13.9. The van der Waals surface area contributed by atoms with Gasteiger partial charge in [0.05, 0.1) is 6.54 Å². The molecule has 16 heavy (non-hydrogen) atoms. The predicted molar refractivity (Wildman–Crippen MR) is 69.7 cm³/mol. The molecular formula is C12H24NO2P. The van der Waals surface area contributed by atoms with Crippen molar-refractivity contribution in [2.24, 2.45) is 0 Å². The van der Waals surface area contributed by atoms with E-state index in [1.165, 1.54) is 57.0 Å². The van der Waals surface area contributed by atoms with E-state index < -0.39 is 5.97 Å². The fraction of sp³-hybridized carbons (Fsp3) is 0.917. The maximum absolute atomic E-state index is 10.3. The lowest BCUT2D eigenvalue weighted by Gasteiger charge is -2.16. The molecule has 0 aromatic carbocycles. The summed E-state index contributed by atoms with van der Waals surface area (Å²) in [6.45, 7) is 1.00. The molecule has 0 aliphatic carbocycles. The van der Waals surface area contributed by atoms with E-state index in [1.54, 1.807) is 0 Å². The van der Waals surface area contributed by atoms with Gasteiger partial charge in [0.15, 0.2) is 0 Å². The second-order valence-electron chi connectivity index (χ2n) is 4.53.